The summed E-state index contributed by atoms with van der Waals surface area (Å²) >= 11 is 0. The maximum atomic E-state index is 12.3. The van der Waals surface area contributed by atoms with E-state index in [-0.39, 0.29) is 5.91 Å². The van der Waals surface area contributed by atoms with E-state index in [1.807, 2.05) is 29.2 Å². The van der Waals surface area contributed by atoms with Crippen LogP contribution in [0.25, 0.3) is 0 Å². The van der Waals surface area contributed by atoms with Crippen molar-refractivity contribution in [3.05, 3.63) is 29.8 Å². The predicted molar refractivity (Wildman–Crippen MR) is 85.7 cm³/mol. The number of carbonyl (C=O) groups is 1. The third-order valence-electron chi connectivity index (χ3n) is 4.02. The minimum Gasteiger partial charge on any atom is -0.497 e. The molecule has 0 saturated carbocycles. The highest BCUT2D eigenvalue weighted by Gasteiger charge is 2.22. The first-order valence-electron chi connectivity index (χ1n) is 7.65. The number of nitrogens with zero attached hydrogens (tertiary/aromatic N) is 1. The Kier molecular flexibility index (Phi) is 6.29. The molecule has 1 amide bonds. The van der Waals surface area contributed by atoms with Gasteiger partial charge in [-0.15, -0.1) is 6.42 Å². The van der Waals surface area contributed by atoms with Crippen LogP contribution in [0.3, 0.4) is 0 Å². The fourth-order valence-corrected chi connectivity index (χ4v) is 2.66. The number of amides is 1. The molecule has 1 saturated heterocycles. The minimum absolute atomic E-state index is 0.188. The van der Waals surface area contributed by atoms with Crippen LogP contribution in [0.15, 0.2) is 24.3 Å². The van der Waals surface area contributed by atoms with Crippen molar-refractivity contribution in [3.63, 3.8) is 0 Å². The monoisotopic (exact) mass is 301 g/mol. The third-order valence-corrected chi connectivity index (χ3v) is 4.02. The van der Waals surface area contributed by atoms with Crippen molar-refractivity contribution in [2.45, 2.75) is 19.3 Å². The zero-order valence-electron chi connectivity index (χ0n) is 13.1. The van der Waals surface area contributed by atoms with Crippen molar-refractivity contribution in [2.24, 2.45) is 5.92 Å². The van der Waals surface area contributed by atoms with Crippen LogP contribution in [0, 0.1) is 18.3 Å². The summed E-state index contributed by atoms with van der Waals surface area (Å²) in [4.78, 5) is 14.3. The molecule has 0 radical (unpaired) electrons. The van der Waals surface area contributed by atoms with E-state index in [0.29, 0.717) is 25.6 Å². The normalized spacial score (nSPS) is 15.4. The van der Waals surface area contributed by atoms with Crippen LogP contribution >= 0.6 is 0 Å². The Balaban J connectivity index is 1.76. The topological polar surface area (TPSA) is 38.8 Å². The van der Waals surface area contributed by atoms with E-state index >= 15 is 0 Å². The summed E-state index contributed by atoms with van der Waals surface area (Å²) in [6.07, 6.45) is 7.58. The Morgan fingerprint density at radius 1 is 1.32 bits per heavy atom. The number of rotatable bonds is 6. The largest absolute Gasteiger partial charge is 0.497 e. The quantitative estimate of drug-likeness (QED) is 0.597. The molecule has 1 aromatic carbocycles. The highest BCUT2D eigenvalue weighted by molar-refractivity contribution is 5.78. The highest BCUT2D eigenvalue weighted by Crippen LogP contribution is 2.19. The van der Waals surface area contributed by atoms with E-state index in [4.69, 9.17) is 15.9 Å². The molecule has 0 N–H and O–H groups in total. The van der Waals surface area contributed by atoms with Crippen molar-refractivity contribution in [2.75, 3.05) is 33.4 Å². The van der Waals surface area contributed by atoms with Gasteiger partial charge in [-0.05, 0) is 36.5 Å². The highest BCUT2D eigenvalue weighted by atomic mass is 16.5. The Morgan fingerprint density at radius 3 is 2.59 bits per heavy atom. The molecule has 4 nitrogen and oxygen atoms in total. The number of terminal acetylenes is 1. The van der Waals surface area contributed by atoms with Crippen molar-refractivity contribution in [1.82, 2.24) is 4.90 Å². The van der Waals surface area contributed by atoms with Gasteiger partial charge in [-0.3, -0.25) is 4.79 Å². The molecule has 0 aromatic heterocycles. The van der Waals surface area contributed by atoms with Crippen molar-refractivity contribution >= 4 is 5.91 Å². The molecule has 22 heavy (non-hydrogen) atoms. The summed E-state index contributed by atoms with van der Waals surface area (Å²) in [6.45, 7) is 2.68. The van der Waals surface area contributed by atoms with E-state index in [2.05, 4.69) is 5.92 Å². The molecule has 1 heterocycles. The molecular weight excluding hydrogens is 278 g/mol. The first-order valence-corrected chi connectivity index (χ1v) is 7.65. The molecule has 2 rings (SSSR count). The van der Waals surface area contributed by atoms with E-state index in [1.54, 1.807) is 7.11 Å². The maximum Gasteiger partial charge on any atom is 0.226 e. The number of benzene rings is 1. The Morgan fingerprint density at radius 2 is 2.00 bits per heavy atom. The van der Waals surface area contributed by atoms with Crippen molar-refractivity contribution < 1.29 is 14.3 Å². The summed E-state index contributed by atoms with van der Waals surface area (Å²) < 4.78 is 10.5. The number of hydrogen-bond donors (Lipinski definition) is 0. The molecule has 118 valence electrons. The van der Waals surface area contributed by atoms with Crippen LogP contribution < -0.4 is 4.74 Å². The lowest BCUT2D eigenvalue weighted by molar-refractivity contribution is -0.132. The van der Waals surface area contributed by atoms with Gasteiger partial charge in [0.15, 0.2) is 0 Å². The van der Waals surface area contributed by atoms with Crippen LogP contribution in [-0.2, 0) is 16.0 Å². The Labute approximate surface area is 132 Å². The van der Waals surface area contributed by atoms with Gasteiger partial charge in [-0.25, -0.2) is 0 Å². The van der Waals surface area contributed by atoms with Gasteiger partial charge in [0.1, 0.15) is 12.4 Å². The standard InChI is InChI=1S/C18H23NO3/c1-3-12-22-14-16-8-10-19(11-9-16)18(20)13-15-4-6-17(21-2)7-5-15/h1,4-7,16H,8-14H2,2H3. The maximum absolute atomic E-state index is 12.3. The summed E-state index contributed by atoms with van der Waals surface area (Å²) in [5, 5.41) is 0. The number of methoxy groups -OCH3 is 1. The van der Waals surface area contributed by atoms with E-state index in [9.17, 15) is 4.79 Å². The van der Waals surface area contributed by atoms with Gasteiger partial charge in [0.05, 0.1) is 20.1 Å². The molecule has 0 unspecified atom stereocenters. The molecule has 1 fully saturated rings. The lowest BCUT2D eigenvalue weighted by atomic mass is 9.97. The molecule has 0 spiro atoms. The first-order chi connectivity index (χ1) is 10.7. The second-order valence-electron chi connectivity index (χ2n) is 5.57. The number of piperidine rings is 1. The van der Waals surface area contributed by atoms with E-state index < -0.39 is 0 Å². The van der Waals surface area contributed by atoms with Crippen LogP contribution in [0.2, 0.25) is 0 Å². The average molecular weight is 301 g/mol. The fourth-order valence-electron chi connectivity index (χ4n) is 2.66. The number of hydrogen-bond acceptors (Lipinski definition) is 3. The Bertz CT molecular complexity index is 510. The van der Waals surface area contributed by atoms with Crippen LogP contribution in [0.1, 0.15) is 18.4 Å². The summed E-state index contributed by atoms with van der Waals surface area (Å²) in [6, 6.07) is 7.66. The average Bonchev–Trinajstić information content (AvgIpc) is 2.56. The smallest absolute Gasteiger partial charge is 0.226 e. The number of likely N-dealkylation sites (tertiary alicyclic amines) is 1. The lowest BCUT2D eigenvalue weighted by Crippen LogP contribution is -2.40. The number of carbonyl (C=O) groups excluding carboxylic acids is 1. The molecule has 0 aliphatic carbocycles. The second kappa shape index (κ2) is 8.45. The van der Waals surface area contributed by atoms with Crippen molar-refractivity contribution in [1.29, 1.82) is 0 Å². The number of ether oxygens (including phenoxy) is 2. The van der Waals surface area contributed by atoms with E-state index in [0.717, 1.165) is 37.2 Å². The van der Waals surface area contributed by atoms with Crippen molar-refractivity contribution in [3.8, 4) is 18.1 Å². The minimum atomic E-state index is 0.188. The second-order valence-corrected chi connectivity index (χ2v) is 5.57. The van der Waals surface area contributed by atoms with Gasteiger partial charge in [0.25, 0.3) is 0 Å². The molecular formula is C18H23NO3. The summed E-state index contributed by atoms with van der Waals surface area (Å²) in [5.74, 6) is 3.98. The third kappa shape index (κ3) is 4.78. The molecule has 1 aliphatic heterocycles. The van der Waals surface area contributed by atoms with Gasteiger partial charge < -0.3 is 14.4 Å². The van der Waals surface area contributed by atoms with Gasteiger partial charge >= 0.3 is 0 Å². The first kappa shape index (κ1) is 16.4. The zero-order valence-corrected chi connectivity index (χ0v) is 13.1. The van der Waals surface area contributed by atoms with Gasteiger partial charge in [0.2, 0.25) is 5.91 Å². The SMILES string of the molecule is C#CCOCC1CCN(C(=O)Cc2ccc(OC)cc2)CC1. The van der Waals surface area contributed by atoms with Gasteiger partial charge in [0, 0.05) is 13.1 Å². The summed E-state index contributed by atoms with van der Waals surface area (Å²) in [5.41, 5.74) is 1.02. The molecule has 0 atom stereocenters. The molecule has 1 aromatic rings. The van der Waals surface area contributed by atoms with Crippen LogP contribution in [0.4, 0.5) is 0 Å². The molecule has 0 bridgehead atoms. The van der Waals surface area contributed by atoms with Crippen LogP contribution in [-0.4, -0.2) is 44.2 Å². The van der Waals surface area contributed by atoms with Crippen LogP contribution in [0.5, 0.6) is 5.75 Å². The van der Waals surface area contributed by atoms with E-state index in [1.165, 1.54) is 0 Å². The molecule has 4 heteroatoms. The Hall–Kier alpha value is -1.99. The van der Waals surface area contributed by atoms with Gasteiger partial charge in [-0.2, -0.15) is 0 Å². The lowest BCUT2D eigenvalue weighted by Gasteiger charge is -2.31. The predicted octanol–water partition coefficient (Wildman–Crippen LogP) is 2.13. The zero-order chi connectivity index (χ0) is 15.8. The molecule has 1 aliphatic rings. The van der Waals surface area contributed by atoms with Gasteiger partial charge in [-0.1, -0.05) is 18.1 Å². The summed E-state index contributed by atoms with van der Waals surface area (Å²) in [7, 11) is 1.64. The fraction of sp³-hybridized carbons (Fsp3) is 0.500.